The van der Waals surface area contributed by atoms with E-state index in [1.54, 1.807) is 7.05 Å². The van der Waals surface area contributed by atoms with Crippen LogP contribution in [0.2, 0.25) is 0 Å². The lowest BCUT2D eigenvalue weighted by Gasteiger charge is -2.18. The van der Waals surface area contributed by atoms with Gasteiger partial charge in [0, 0.05) is 19.8 Å². The quantitative estimate of drug-likeness (QED) is 0.617. The number of para-hydroxylation sites is 1. The number of aliphatic hydroxyl groups excluding tert-OH is 1. The van der Waals surface area contributed by atoms with E-state index in [0.717, 1.165) is 6.26 Å². The summed E-state index contributed by atoms with van der Waals surface area (Å²) in [4.78, 5) is 11.4. The van der Waals surface area contributed by atoms with E-state index in [9.17, 15) is 18.5 Å². The zero-order valence-corrected chi connectivity index (χ0v) is 10.8. The predicted molar refractivity (Wildman–Crippen MR) is 66.6 cm³/mol. The maximum atomic E-state index is 11.5. The maximum absolute atomic E-state index is 11.5. The highest BCUT2D eigenvalue weighted by Crippen LogP contribution is 2.33. The van der Waals surface area contributed by atoms with Crippen LogP contribution in [0, 0.1) is 10.1 Å². The maximum Gasteiger partial charge on any atom is 0.311 e. The number of hydrogen-bond acceptors (Lipinski definition) is 6. The molecule has 1 rings (SSSR count). The Bertz CT molecular complexity index is 555. The first-order chi connectivity index (χ1) is 8.29. The molecule has 0 aliphatic rings. The molecule has 0 amide bonds. The molecule has 0 fully saturated rings. The summed E-state index contributed by atoms with van der Waals surface area (Å²) in [6.07, 6.45) is 0.922. The topological polar surface area (TPSA) is 101 Å². The van der Waals surface area contributed by atoms with E-state index in [1.807, 2.05) is 0 Å². The van der Waals surface area contributed by atoms with Gasteiger partial charge in [-0.25, -0.2) is 8.42 Å². The number of anilines is 1. The van der Waals surface area contributed by atoms with Gasteiger partial charge in [0.05, 0.1) is 11.5 Å². The van der Waals surface area contributed by atoms with Crippen LogP contribution in [0.5, 0.6) is 0 Å². The van der Waals surface area contributed by atoms with Crippen molar-refractivity contribution in [3.8, 4) is 0 Å². The van der Waals surface area contributed by atoms with Gasteiger partial charge in [-0.15, -0.1) is 0 Å². The summed E-state index contributed by atoms with van der Waals surface area (Å²) >= 11 is 0. The van der Waals surface area contributed by atoms with Gasteiger partial charge in [0.25, 0.3) is 0 Å². The van der Waals surface area contributed by atoms with Crippen molar-refractivity contribution < 1.29 is 18.4 Å². The molecule has 0 heterocycles. The predicted octanol–water partition coefficient (Wildman–Crippen LogP) is 0.427. The molecular weight excluding hydrogens is 260 g/mol. The van der Waals surface area contributed by atoms with Crippen molar-refractivity contribution in [2.45, 2.75) is 4.90 Å². The Morgan fingerprint density at radius 2 is 2.06 bits per heavy atom. The van der Waals surface area contributed by atoms with Crippen LogP contribution in [0.25, 0.3) is 0 Å². The zero-order chi connectivity index (χ0) is 13.9. The highest BCUT2D eigenvalue weighted by Gasteiger charge is 2.27. The highest BCUT2D eigenvalue weighted by atomic mass is 32.2. The van der Waals surface area contributed by atoms with Crippen molar-refractivity contribution in [2.24, 2.45) is 0 Å². The normalized spacial score (nSPS) is 11.3. The van der Waals surface area contributed by atoms with Crippen LogP contribution >= 0.6 is 0 Å². The van der Waals surface area contributed by atoms with Crippen molar-refractivity contribution in [3.05, 3.63) is 28.3 Å². The number of nitrogens with zero attached hydrogens (tertiary/aromatic N) is 2. The third-order valence-corrected chi connectivity index (χ3v) is 3.53. The van der Waals surface area contributed by atoms with Crippen LogP contribution in [-0.4, -0.2) is 44.9 Å². The van der Waals surface area contributed by atoms with Gasteiger partial charge in [0.15, 0.2) is 9.84 Å². The number of aliphatic hydroxyl groups is 1. The summed E-state index contributed by atoms with van der Waals surface area (Å²) in [5.74, 6) is 0. The van der Waals surface area contributed by atoms with Gasteiger partial charge in [0.1, 0.15) is 10.6 Å². The molecule has 0 radical (unpaired) electrons. The third kappa shape index (κ3) is 2.96. The Morgan fingerprint density at radius 1 is 1.44 bits per heavy atom. The molecule has 0 aromatic heterocycles. The fourth-order valence-corrected chi connectivity index (χ4v) is 2.43. The van der Waals surface area contributed by atoms with E-state index in [0.29, 0.717) is 0 Å². The van der Waals surface area contributed by atoms with E-state index in [2.05, 4.69) is 0 Å². The van der Waals surface area contributed by atoms with E-state index < -0.39 is 20.4 Å². The van der Waals surface area contributed by atoms with E-state index >= 15 is 0 Å². The summed E-state index contributed by atoms with van der Waals surface area (Å²) in [7, 11) is -2.13. The SMILES string of the molecule is CN(CCO)c1cccc(S(C)(=O)=O)c1[N+](=O)[O-]. The monoisotopic (exact) mass is 274 g/mol. The van der Waals surface area contributed by atoms with Crippen LogP contribution in [0.15, 0.2) is 23.1 Å². The zero-order valence-electron chi connectivity index (χ0n) is 10.0. The number of nitro groups is 1. The molecule has 100 valence electrons. The van der Waals surface area contributed by atoms with E-state index in [-0.39, 0.29) is 23.7 Å². The summed E-state index contributed by atoms with van der Waals surface area (Å²) in [5.41, 5.74) is -0.298. The average molecular weight is 274 g/mol. The van der Waals surface area contributed by atoms with Gasteiger partial charge in [-0.1, -0.05) is 6.07 Å². The fourth-order valence-electron chi connectivity index (χ4n) is 1.57. The van der Waals surface area contributed by atoms with Crippen LogP contribution in [0.3, 0.4) is 0 Å². The minimum atomic E-state index is -3.68. The molecule has 0 aliphatic carbocycles. The van der Waals surface area contributed by atoms with E-state index in [4.69, 9.17) is 5.11 Å². The number of hydrogen-bond donors (Lipinski definition) is 1. The Labute approximate surface area is 105 Å². The number of rotatable bonds is 5. The molecule has 8 heteroatoms. The lowest BCUT2D eigenvalue weighted by molar-refractivity contribution is -0.387. The van der Waals surface area contributed by atoms with Gasteiger partial charge in [0.2, 0.25) is 0 Å². The second kappa shape index (κ2) is 5.32. The van der Waals surface area contributed by atoms with Crippen molar-refractivity contribution in [2.75, 3.05) is 31.4 Å². The standard InChI is InChI=1S/C10H14N2O5S/c1-11(6-7-13)8-4-3-5-9(18(2,16)17)10(8)12(14)15/h3-5,13H,6-7H2,1-2H3. The lowest BCUT2D eigenvalue weighted by atomic mass is 10.2. The molecule has 0 saturated carbocycles. The number of nitro benzene ring substituents is 1. The molecule has 7 nitrogen and oxygen atoms in total. The fraction of sp³-hybridized carbons (Fsp3) is 0.400. The summed E-state index contributed by atoms with van der Waals surface area (Å²) in [6.45, 7) is -0.00911. The Balaban J connectivity index is 3.50. The van der Waals surface area contributed by atoms with Gasteiger partial charge >= 0.3 is 5.69 Å². The molecule has 0 aliphatic heterocycles. The summed E-state index contributed by atoms with van der Waals surface area (Å²) in [6, 6.07) is 4.08. The van der Waals surface area contributed by atoms with Crippen molar-refractivity contribution in [1.82, 2.24) is 0 Å². The second-order valence-corrected chi connectivity index (χ2v) is 5.78. The molecule has 0 saturated heterocycles. The molecule has 0 atom stereocenters. The Morgan fingerprint density at radius 3 is 2.50 bits per heavy atom. The molecular formula is C10H14N2O5S. The molecule has 18 heavy (non-hydrogen) atoms. The van der Waals surface area contributed by atoms with Crippen molar-refractivity contribution >= 4 is 21.2 Å². The van der Waals surface area contributed by atoms with Gasteiger partial charge in [-0.3, -0.25) is 10.1 Å². The smallest absolute Gasteiger partial charge is 0.311 e. The first-order valence-electron chi connectivity index (χ1n) is 5.08. The van der Waals surface area contributed by atoms with Crippen LogP contribution < -0.4 is 4.90 Å². The number of benzene rings is 1. The second-order valence-electron chi connectivity index (χ2n) is 3.80. The average Bonchev–Trinajstić information content (AvgIpc) is 2.27. The Kier molecular flexibility index (Phi) is 4.25. The largest absolute Gasteiger partial charge is 0.395 e. The number of sulfone groups is 1. The molecule has 0 unspecified atom stereocenters. The third-order valence-electron chi connectivity index (χ3n) is 2.41. The number of likely N-dealkylation sites (N-methyl/N-ethyl adjacent to an activating group) is 1. The Hall–Kier alpha value is -1.67. The van der Waals surface area contributed by atoms with Gasteiger partial charge in [-0.05, 0) is 12.1 Å². The van der Waals surface area contributed by atoms with Gasteiger partial charge in [-0.2, -0.15) is 0 Å². The summed E-state index contributed by atoms with van der Waals surface area (Å²) < 4.78 is 23.0. The van der Waals surface area contributed by atoms with Crippen molar-refractivity contribution in [1.29, 1.82) is 0 Å². The molecule has 1 N–H and O–H groups in total. The summed E-state index contributed by atoms with van der Waals surface area (Å²) in [5, 5.41) is 19.9. The van der Waals surface area contributed by atoms with Gasteiger partial charge < -0.3 is 10.0 Å². The lowest BCUT2D eigenvalue weighted by Crippen LogP contribution is -2.22. The highest BCUT2D eigenvalue weighted by molar-refractivity contribution is 7.90. The first kappa shape index (κ1) is 14.4. The molecule has 0 bridgehead atoms. The molecule has 0 spiro atoms. The van der Waals surface area contributed by atoms with Crippen LogP contribution in [0.4, 0.5) is 11.4 Å². The van der Waals surface area contributed by atoms with Crippen molar-refractivity contribution in [3.63, 3.8) is 0 Å². The molecule has 1 aromatic carbocycles. The first-order valence-corrected chi connectivity index (χ1v) is 6.97. The van der Waals surface area contributed by atoms with Crippen LogP contribution in [0.1, 0.15) is 0 Å². The molecule has 1 aromatic rings. The minimum Gasteiger partial charge on any atom is -0.395 e. The van der Waals surface area contributed by atoms with E-state index in [1.165, 1.54) is 23.1 Å². The minimum absolute atomic E-state index is 0.164. The van der Waals surface area contributed by atoms with Crippen LogP contribution in [-0.2, 0) is 9.84 Å².